The number of rotatable bonds is 8. The number of ketones is 1. The molecular formula is C20H27NO3. The van der Waals surface area contributed by atoms with Gasteiger partial charge in [0.15, 0.2) is 0 Å². The van der Waals surface area contributed by atoms with Crippen molar-refractivity contribution < 1.29 is 14.7 Å². The lowest BCUT2D eigenvalue weighted by atomic mass is 9.89. The second kappa shape index (κ2) is 9.26. The third-order valence-electron chi connectivity index (χ3n) is 4.66. The summed E-state index contributed by atoms with van der Waals surface area (Å²) in [6.45, 7) is 2.65. The first kappa shape index (κ1) is 18.2. The average Bonchev–Trinajstić information content (AvgIpc) is 2.90. The van der Waals surface area contributed by atoms with E-state index in [9.17, 15) is 14.7 Å². The monoisotopic (exact) mass is 329 g/mol. The summed E-state index contributed by atoms with van der Waals surface area (Å²) in [6, 6.07) is 7.01. The van der Waals surface area contributed by atoms with Crippen molar-refractivity contribution in [1.82, 2.24) is 5.32 Å². The minimum atomic E-state index is 0.00986. The Labute approximate surface area is 144 Å². The topological polar surface area (TPSA) is 66.4 Å². The lowest BCUT2D eigenvalue weighted by Crippen LogP contribution is -2.29. The van der Waals surface area contributed by atoms with Gasteiger partial charge in [0, 0.05) is 25.3 Å². The van der Waals surface area contributed by atoms with Crippen LogP contribution in [0.15, 0.2) is 36.4 Å². The van der Waals surface area contributed by atoms with Gasteiger partial charge in [-0.15, -0.1) is 0 Å². The fourth-order valence-electron chi connectivity index (χ4n) is 3.27. The molecule has 2 rings (SSSR count). The molecule has 0 radical (unpaired) electrons. The largest absolute Gasteiger partial charge is 0.508 e. The molecule has 1 saturated carbocycles. The molecule has 0 aromatic heterocycles. The van der Waals surface area contributed by atoms with Gasteiger partial charge >= 0.3 is 0 Å². The molecule has 1 amide bonds. The van der Waals surface area contributed by atoms with E-state index in [0.717, 1.165) is 31.2 Å². The molecule has 1 aliphatic carbocycles. The van der Waals surface area contributed by atoms with Crippen LogP contribution in [0.4, 0.5) is 0 Å². The van der Waals surface area contributed by atoms with Gasteiger partial charge in [0.2, 0.25) is 5.91 Å². The second-order valence-electron chi connectivity index (χ2n) is 6.46. The Morgan fingerprint density at radius 1 is 1.29 bits per heavy atom. The van der Waals surface area contributed by atoms with Crippen LogP contribution in [0.1, 0.15) is 44.6 Å². The number of aromatic hydroxyl groups is 1. The zero-order valence-electron chi connectivity index (χ0n) is 14.3. The number of amides is 1. The maximum atomic E-state index is 12.1. The van der Waals surface area contributed by atoms with E-state index in [1.165, 1.54) is 0 Å². The van der Waals surface area contributed by atoms with Crippen LogP contribution in [0.25, 0.3) is 0 Å². The van der Waals surface area contributed by atoms with E-state index >= 15 is 0 Å². The third-order valence-corrected chi connectivity index (χ3v) is 4.66. The van der Waals surface area contributed by atoms with Crippen LogP contribution < -0.4 is 5.32 Å². The third kappa shape index (κ3) is 5.52. The summed E-state index contributed by atoms with van der Waals surface area (Å²) >= 11 is 0. The van der Waals surface area contributed by atoms with Gasteiger partial charge in [-0.3, -0.25) is 9.59 Å². The predicted molar refractivity (Wildman–Crippen MR) is 94.7 cm³/mol. The minimum absolute atomic E-state index is 0.00986. The Balaban J connectivity index is 1.75. The van der Waals surface area contributed by atoms with Crippen LogP contribution in [-0.2, 0) is 16.0 Å². The van der Waals surface area contributed by atoms with Crippen molar-refractivity contribution in [2.45, 2.75) is 45.4 Å². The fraction of sp³-hybridized carbons (Fsp3) is 0.500. The Morgan fingerprint density at radius 2 is 2.04 bits per heavy atom. The molecule has 130 valence electrons. The van der Waals surface area contributed by atoms with Crippen molar-refractivity contribution in [3.8, 4) is 5.75 Å². The van der Waals surface area contributed by atoms with Crippen molar-refractivity contribution >= 4 is 11.7 Å². The smallest absolute Gasteiger partial charge is 0.220 e. The number of carbonyl (C=O) groups is 2. The number of allylic oxidation sites excluding steroid dienone is 2. The van der Waals surface area contributed by atoms with Gasteiger partial charge in [0.1, 0.15) is 11.5 Å². The molecule has 1 aromatic rings. The molecule has 2 atom stereocenters. The molecule has 1 fully saturated rings. The van der Waals surface area contributed by atoms with Crippen LogP contribution in [0.3, 0.4) is 0 Å². The first-order valence-electron chi connectivity index (χ1n) is 8.82. The van der Waals surface area contributed by atoms with Crippen molar-refractivity contribution in [2.75, 3.05) is 6.54 Å². The molecule has 0 saturated heterocycles. The summed E-state index contributed by atoms with van der Waals surface area (Å²) in [5.41, 5.74) is 1.08. The maximum absolute atomic E-state index is 12.1. The first-order valence-corrected chi connectivity index (χ1v) is 8.82. The Morgan fingerprint density at radius 3 is 2.75 bits per heavy atom. The van der Waals surface area contributed by atoms with Crippen LogP contribution in [-0.4, -0.2) is 23.3 Å². The molecule has 0 aliphatic heterocycles. The molecule has 0 unspecified atom stereocenters. The molecular weight excluding hydrogens is 302 g/mol. The standard InChI is InChI=1S/C20H27NO3/c1-2-3-4-5-18-16(8-11-19(18)23)14-20(24)21-13-12-15-6-9-17(22)10-7-15/h3-4,6-7,9-10,16,18,22H,2,5,8,11-14H2,1H3,(H,21,24)/b4-3-/t16-,18-/m0/s1. The van der Waals surface area contributed by atoms with Crippen molar-refractivity contribution in [1.29, 1.82) is 0 Å². The molecule has 0 bridgehead atoms. The highest BCUT2D eigenvalue weighted by molar-refractivity contribution is 5.85. The minimum Gasteiger partial charge on any atom is -0.508 e. The SMILES string of the molecule is CC/C=C\C[C@@H]1C(=O)CC[C@H]1CC(=O)NCCc1ccc(O)cc1. The molecule has 0 spiro atoms. The van der Waals surface area contributed by atoms with E-state index in [1.807, 2.05) is 12.1 Å². The Kier molecular flexibility index (Phi) is 7.04. The van der Waals surface area contributed by atoms with Gasteiger partial charge in [-0.1, -0.05) is 31.2 Å². The molecule has 4 heteroatoms. The van der Waals surface area contributed by atoms with Crippen molar-refractivity contribution in [2.24, 2.45) is 11.8 Å². The molecule has 24 heavy (non-hydrogen) atoms. The molecule has 0 heterocycles. The summed E-state index contributed by atoms with van der Waals surface area (Å²) in [5, 5.41) is 12.2. The summed E-state index contributed by atoms with van der Waals surface area (Å²) in [6.07, 6.45) is 8.50. The number of benzene rings is 1. The highest BCUT2D eigenvalue weighted by Gasteiger charge is 2.34. The fourth-order valence-corrected chi connectivity index (χ4v) is 3.27. The summed E-state index contributed by atoms with van der Waals surface area (Å²) in [5.74, 6) is 0.760. The molecule has 1 aliphatic rings. The summed E-state index contributed by atoms with van der Waals surface area (Å²) < 4.78 is 0. The second-order valence-corrected chi connectivity index (χ2v) is 6.46. The summed E-state index contributed by atoms with van der Waals surface area (Å²) in [4.78, 5) is 24.1. The highest BCUT2D eigenvalue weighted by Crippen LogP contribution is 2.34. The van der Waals surface area contributed by atoms with Gasteiger partial charge in [0.25, 0.3) is 0 Å². The highest BCUT2D eigenvalue weighted by atomic mass is 16.3. The van der Waals surface area contributed by atoms with Gasteiger partial charge in [0.05, 0.1) is 0 Å². The summed E-state index contributed by atoms with van der Waals surface area (Å²) in [7, 11) is 0. The van der Waals surface area contributed by atoms with Gasteiger partial charge in [-0.05, 0) is 49.3 Å². The number of hydrogen-bond acceptors (Lipinski definition) is 3. The lowest BCUT2D eigenvalue weighted by Gasteiger charge is -2.16. The number of nitrogens with one attached hydrogen (secondary N) is 1. The maximum Gasteiger partial charge on any atom is 0.220 e. The molecule has 2 N–H and O–H groups in total. The number of hydrogen-bond donors (Lipinski definition) is 2. The van der Waals surface area contributed by atoms with Crippen LogP contribution in [0, 0.1) is 11.8 Å². The number of Topliss-reactive ketones (excluding diaryl/α,β-unsaturated/α-hetero) is 1. The Hall–Kier alpha value is -2.10. The first-order chi connectivity index (χ1) is 11.6. The van der Waals surface area contributed by atoms with E-state index < -0.39 is 0 Å². The van der Waals surface area contributed by atoms with E-state index in [0.29, 0.717) is 25.2 Å². The van der Waals surface area contributed by atoms with Crippen molar-refractivity contribution in [3.05, 3.63) is 42.0 Å². The van der Waals surface area contributed by atoms with Crippen LogP contribution >= 0.6 is 0 Å². The van der Waals surface area contributed by atoms with E-state index in [-0.39, 0.29) is 23.5 Å². The number of phenolic OH excluding ortho intramolecular Hbond substituents is 1. The number of carbonyl (C=O) groups excluding carboxylic acids is 2. The number of phenols is 1. The van der Waals surface area contributed by atoms with Crippen molar-refractivity contribution in [3.63, 3.8) is 0 Å². The van der Waals surface area contributed by atoms with Crippen LogP contribution in [0.5, 0.6) is 5.75 Å². The average molecular weight is 329 g/mol. The van der Waals surface area contributed by atoms with E-state index in [1.54, 1.807) is 12.1 Å². The lowest BCUT2D eigenvalue weighted by molar-refractivity contribution is -0.123. The quantitative estimate of drug-likeness (QED) is 0.718. The predicted octanol–water partition coefficient (Wildman–Crippen LogP) is 3.39. The van der Waals surface area contributed by atoms with E-state index in [2.05, 4.69) is 24.4 Å². The normalized spacial score (nSPS) is 20.6. The zero-order chi connectivity index (χ0) is 17.4. The van der Waals surface area contributed by atoms with E-state index in [4.69, 9.17) is 0 Å². The molecule has 4 nitrogen and oxygen atoms in total. The molecule has 1 aromatic carbocycles. The Bertz CT molecular complexity index is 577. The van der Waals surface area contributed by atoms with Crippen LogP contribution in [0.2, 0.25) is 0 Å². The van der Waals surface area contributed by atoms with Gasteiger partial charge < -0.3 is 10.4 Å². The van der Waals surface area contributed by atoms with Gasteiger partial charge in [-0.25, -0.2) is 0 Å². The zero-order valence-corrected chi connectivity index (χ0v) is 14.3. The van der Waals surface area contributed by atoms with Gasteiger partial charge in [-0.2, -0.15) is 0 Å².